The first kappa shape index (κ1) is 21.2. The maximum atomic E-state index is 12.3. The number of alkyl halides is 3. The fourth-order valence-electron chi connectivity index (χ4n) is 3.72. The molecule has 1 amide bonds. The standard InChI is InChI=1S/C15H24N4O.C2HF3O2/c1-11(2)9-18-7-6-14-13(18)4-5-15(20)19(14)12-8-16-17(3)10-12;3-2(4,5)1(6)7/h8,10-11,13-14H,4-7,9H2,1-3H3;(H,6,7)/t13-,14-;/m0./s1. The second-order valence-corrected chi connectivity index (χ2v) is 7.29. The number of rotatable bonds is 3. The second-order valence-electron chi connectivity index (χ2n) is 7.29. The monoisotopic (exact) mass is 390 g/mol. The lowest BCUT2D eigenvalue weighted by Crippen LogP contribution is -2.52. The zero-order valence-electron chi connectivity index (χ0n) is 15.6. The number of carboxylic acid groups (broad SMARTS) is 1. The van der Waals surface area contributed by atoms with Gasteiger partial charge in [-0.25, -0.2) is 4.79 Å². The molecule has 0 aliphatic carbocycles. The average molecular weight is 390 g/mol. The summed E-state index contributed by atoms with van der Waals surface area (Å²) in [5, 5.41) is 11.3. The number of aromatic nitrogens is 2. The van der Waals surface area contributed by atoms with Crippen LogP contribution in [0.2, 0.25) is 0 Å². The van der Waals surface area contributed by atoms with Crippen LogP contribution in [0.25, 0.3) is 0 Å². The van der Waals surface area contributed by atoms with Gasteiger partial charge in [0.1, 0.15) is 0 Å². The van der Waals surface area contributed by atoms with E-state index in [2.05, 4.69) is 23.8 Å². The number of hydrogen-bond donors (Lipinski definition) is 1. The molecule has 0 spiro atoms. The largest absolute Gasteiger partial charge is 0.490 e. The molecule has 2 fully saturated rings. The molecule has 0 bridgehead atoms. The van der Waals surface area contributed by atoms with E-state index in [-0.39, 0.29) is 5.91 Å². The van der Waals surface area contributed by atoms with Gasteiger partial charge in [0.25, 0.3) is 0 Å². The van der Waals surface area contributed by atoms with E-state index in [1.165, 1.54) is 0 Å². The highest BCUT2D eigenvalue weighted by Crippen LogP contribution is 2.34. The average Bonchev–Trinajstić information content (AvgIpc) is 3.13. The summed E-state index contributed by atoms with van der Waals surface area (Å²) < 4.78 is 33.5. The van der Waals surface area contributed by atoms with E-state index in [1.807, 2.05) is 24.3 Å². The molecular weight excluding hydrogens is 365 g/mol. The molecule has 1 aromatic rings. The summed E-state index contributed by atoms with van der Waals surface area (Å²) in [4.78, 5) is 25.8. The Kier molecular flexibility index (Phi) is 6.50. The molecule has 152 valence electrons. The molecule has 1 N–H and O–H groups in total. The van der Waals surface area contributed by atoms with Crippen LogP contribution in [0.4, 0.5) is 18.9 Å². The molecule has 0 aromatic carbocycles. The number of carbonyl (C=O) groups excluding carboxylic acids is 1. The summed E-state index contributed by atoms with van der Waals surface area (Å²) >= 11 is 0. The Morgan fingerprint density at radius 2 is 1.96 bits per heavy atom. The first-order valence-corrected chi connectivity index (χ1v) is 8.85. The van der Waals surface area contributed by atoms with Crippen LogP contribution in [0, 0.1) is 5.92 Å². The summed E-state index contributed by atoms with van der Waals surface area (Å²) in [5.74, 6) is -1.82. The summed E-state index contributed by atoms with van der Waals surface area (Å²) in [6.45, 7) is 6.77. The Labute approximate surface area is 155 Å². The lowest BCUT2D eigenvalue weighted by molar-refractivity contribution is -0.192. The van der Waals surface area contributed by atoms with Crippen molar-refractivity contribution in [3.05, 3.63) is 12.4 Å². The zero-order chi connectivity index (χ0) is 20.4. The summed E-state index contributed by atoms with van der Waals surface area (Å²) in [6, 6.07) is 0.856. The molecule has 10 heteroatoms. The van der Waals surface area contributed by atoms with Crippen LogP contribution in [-0.2, 0) is 16.6 Å². The molecule has 0 saturated carbocycles. The lowest BCUT2D eigenvalue weighted by Gasteiger charge is -2.39. The minimum atomic E-state index is -5.08. The number of hydrogen-bond acceptors (Lipinski definition) is 4. The molecule has 2 aliphatic rings. The van der Waals surface area contributed by atoms with Gasteiger partial charge in [-0.2, -0.15) is 18.3 Å². The van der Waals surface area contributed by atoms with Gasteiger partial charge >= 0.3 is 12.1 Å². The minimum absolute atomic E-state index is 0.255. The van der Waals surface area contributed by atoms with Crippen molar-refractivity contribution in [2.45, 2.75) is 51.4 Å². The van der Waals surface area contributed by atoms with Gasteiger partial charge in [-0.05, 0) is 18.8 Å². The molecule has 2 saturated heterocycles. The number of aliphatic carboxylic acids is 1. The predicted octanol–water partition coefficient (Wildman–Crippen LogP) is 2.28. The van der Waals surface area contributed by atoms with Crippen LogP contribution in [-0.4, -0.2) is 63.0 Å². The first-order chi connectivity index (χ1) is 12.5. The molecule has 1 aromatic heterocycles. The van der Waals surface area contributed by atoms with Crippen molar-refractivity contribution in [2.75, 3.05) is 18.0 Å². The third-order valence-corrected chi connectivity index (χ3v) is 4.69. The third kappa shape index (κ3) is 5.21. The van der Waals surface area contributed by atoms with E-state index in [0.717, 1.165) is 31.6 Å². The van der Waals surface area contributed by atoms with Crippen molar-refractivity contribution in [1.29, 1.82) is 0 Å². The molecule has 0 radical (unpaired) electrons. The summed E-state index contributed by atoms with van der Waals surface area (Å²) in [5.41, 5.74) is 0.957. The number of carbonyl (C=O) groups is 2. The van der Waals surface area contributed by atoms with Crippen molar-refractivity contribution in [3.8, 4) is 0 Å². The molecular formula is C17H25F3N4O3. The molecule has 2 atom stereocenters. The normalized spacial score (nSPS) is 23.2. The number of aryl methyl sites for hydroxylation is 1. The minimum Gasteiger partial charge on any atom is -0.475 e. The van der Waals surface area contributed by atoms with Crippen LogP contribution in [0.5, 0.6) is 0 Å². The van der Waals surface area contributed by atoms with Crippen molar-refractivity contribution in [1.82, 2.24) is 14.7 Å². The van der Waals surface area contributed by atoms with Gasteiger partial charge in [0.2, 0.25) is 5.91 Å². The first-order valence-electron chi connectivity index (χ1n) is 8.85. The zero-order valence-corrected chi connectivity index (χ0v) is 15.6. The highest BCUT2D eigenvalue weighted by molar-refractivity contribution is 5.94. The van der Waals surface area contributed by atoms with Crippen LogP contribution >= 0.6 is 0 Å². The molecule has 7 nitrogen and oxygen atoms in total. The third-order valence-electron chi connectivity index (χ3n) is 4.69. The smallest absolute Gasteiger partial charge is 0.475 e. The molecule has 2 aliphatic heterocycles. The predicted molar refractivity (Wildman–Crippen MR) is 92.2 cm³/mol. The van der Waals surface area contributed by atoms with Crippen molar-refractivity contribution >= 4 is 17.6 Å². The van der Waals surface area contributed by atoms with Crippen molar-refractivity contribution in [3.63, 3.8) is 0 Å². The van der Waals surface area contributed by atoms with E-state index >= 15 is 0 Å². The number of fused-ring (bicyclic) bond motifs is 1. The van der Waals surface area contributed by atoms with Gasteiger partial charge in [-0.3, -0.25) is 14.4 Å². The molecule has 3 rings (SSSR count). The topological polar surface area (TPSA) is 78.7 Å². The van der Waals surface area contributed by atoms with Crippen LogP contribution in [0.15, 0.2) is 12.4 Å². The summed E-state index contributed by atoms with van der Waals surface area (Å²) in [7, 11) is 1.90. The van der Waals surface area contributed by atoms with E-state index in [0.29, 0.717) is 24.4 Å². The Bertz CT molecular complexity index is 675. The number of piperidine rings is 1. The van der Waals surface area contributed by atoms with Gasteiger partial charge in [-0.1, -0.05) is 13.8 Å². The van der Waals surface area contributed by atoms with Gasteiger partial charge in [0, 0.05) is 38.8 Å². The quantitative estimate of drug-likeness (QED) is 0.857. The SMILES string of the molecule is CC(C)CN1CC[C@H]2[C@@H]1CCC(=O)N2c1cnn(C)c1.O=C(O)C(F)(F)F. The van der Waals surface area contributed by atoms with E-state index in [4.69, 9.17) is 9.90 Å². The number of anilines is 1. The Morgan fingerprint density at radius 1 is 1.33 bits per heavy atom. The molecule has 27 heavy (non-hydrogen) atoms. The van der Waals surface area contributed by atoms with Crippen molar-refractivity contribution in [2.24, 2.45) is 13.0 Å². The van der Waals surface area contributed by atoms with E-state index in [9.17, 15) is 18.0 Å². The number of likely N-dealkylation sites (tertiary alicyclic amines) is 1. The lowest BCUT2D eigenvalue weighted by atomic mass is 9.95. The number of nitrogens with zero attached hydrogens (tertiary/aromatic N) is 4. The summed E-state index contributed by atoms with van der Waals surface area (Å²) in [6.07, 6.45) is 1.42. The van der Waals surface area contributed by atoms with Gasteiger partial charge in [0.05, 0.1) is 17.9 Å². The van der Waals surface area contributed by atoms with Crippen LogP contribution in [0.3, 0.4) is 0 Å². The van der Waals surface area contributed by atoms with E-state index < -0.39 is 12.1 Å². The highest BCUT2D eigenvalue weighted by atomic mass is 19.4. The second kappa shape index (κ2) is 8.28. The Hall–Kier alpha value is -2.10. The Balaban J connectivity index is 0.000000321. The Morgan fingerprint density at radius 3 is 2.44 bits per heavy atom. The molecule has 3 heterocycles. The maximum Gasteiger partial charge on any atom is 0.490 e. The highest BCUT2D eigenvalue weighted by Gasteiger charge is 2.43. The fraction of sp³-hybridized carbons (Fsp3) is 0.706. The maximum absolute atomic E-state index is 12.3. The van der Waals surface area contributed by atoms with E-state index in [1.54, 1.807) is 4.68 Å². The number of halogens is 3. The molecule has 0 unspecified atom stereocenters. The van der Waals surface area contributed by atoms with Crippen molar-refractivity contribution < 1.29 is 27.9 Å². The van der Waals surface area contributed by atoms with Crippen LogP contribution < -0.4 is 4.90 Å². The number of amides is 1. The number of carboxylic acids is 1. The van der Waals surface area contributed by atoms with Gasteiger partial charge in [-0.15, -0.1) is 0 Å². The van der Waals surface area contributed by atoms with Gasteiger partial charge in [0.15, 0.2) is 0 Å². The fourth-order valence-corrected chi connectivity index (χ4v) is 3.72. The van der Waals surface area contributed by atoms with Gasteiger partial charge < -0.3 is 10.0 Å². The van der Waals surface area contributed by atoms with Crippen LogP contribution in [0.1, 0.15) is 33.1 Å².